The third-order valence-electron chi connectivity index (χ3n) is 4.62. The third kappa shape index (κ3) is 3.34. The van der Waals surface area contributed by atoms with Crippen LogP contribution in [0.25, 0.3) is 11.2 Å². The van der Waals surface area contributed by atoms with Crippen LogP contribution in [-0.4, -0.2) is 43.3 Å². The molecule has 3 rings (SSSR count). The third-order valence-corrected chi connectivity index (χ3v) is 4.62. The number of carbonyl (C=O) groups is 1. The first kappa shape index (κ1) is 18.1. The molecular formula is C17H23N5O4. The fourth-order valence-corrected chi connectivity index (χ4v) is 3.30. The maximum Gasteiger partial charge on any atom is 0.306 e. The van der Waals surface area contributed by atoms with Gasteiger partial charge >= 0.3 is 5.97 Å². The van der Waals surface area contributed by atoms with E-state index in [9.17, 15) is 14.7 Å². The highest BCUT2D eigenvalue weighted by Crippen LogP contribution is 2.40. The van der Waals surface area contributed by atoms with Crippen LogP contribution in [0, 0.1) is 11.8 Å². The first-order chi connectivity index (χ1) is 12.3. The van der Waals surface area contributed by atoms with Crippen molar-refractivity contribution >= 4 is 23.1 Å². The van der Waals surface area contributed by atoms with Crippen LogP contribution in [0.4, 0.5) is 5.95 Å². The van der Waals surface area contributed by atoms with Gasteiger partial charge in [0.2, 0.25) is 5.95 Å². The zero-order valence-corrected chi connectivity index (χ0v) is 14.8. The number of nitrogens with two attached hydrogens (primary N) is 1. The van der Waals surface area contributed by atoms with Gasteiger partial charge in [0.05, 0.1) is 18.5 Å². The highest BCUT2D eigenvalue weighted by atomic mass is 16.5. The maximum atomic E-state index is 11.9. The fourth-order valence-electron chi connectivity index (χ4n) is 3.30. The standard InChI is InChI=1S/C17H23N5O4/c1-8(2)4-13(24)26-6-10-9(3)11(5-12(10)23)22-7-19-14-15(22)20-17(18)21-16(14)25/h7-8,10-12,23H,3-6H2,1-2H3,(H3,18,20,21,25). The Kier molecular flexibility index (Phi) is 4.82. The highest BCUT2D eigenvalue weighted by Gasteiger charge is 2.39. The number of fused-ring (bicyclic) bond motifs is 1. The molecule has 0 amide bonds. The van der Waals surface area contributed by atoms with E-state index in [1.165, 1.54) is 6.33 Å². The quantitative estimate of drug-likeness (QED) is 0.528. The summed E-state index contributed by atoms with van der Waals surface area (Å²) in [5, 5.41) is 10.4. The van der Waals surface area contributed by atoms with E-state index in [1.54, 1.807) is 4.57 Å². The number of aromatic amines is 1. The Morgan fingerprint density at radius 3 is 3.00 bits per heavy atom. The maximum absolute atomic E-state index is 11.9. The molecule has 2 heterocycles. The molecule has 3 unspecified atom stereocenters. The van der Waals surface area contributed by atoms with E-state index in [1.807, 2.05) is 13.8 Å². The molecule has 3 atom stereocenters. The van der Waals surface area contributed by atoms with E-state index in [0.29, 0.717) is 24.1 Å². The minimum absolute atomic E-state index is 0.00688. The lowest BCUT2D eigenvalue weighted by Gasteiger charge is -2.18. The molecule has 26 heavy (non-hydrogen) atoms. The Morgan fingerprint density at radius 1 is 1.58 bits per heavy atom. The lowest BCUT2D eigenvalue weighted by Crippen LogP contribution is -2.22. The SMILES string of the molecule is C=C1C(COC(=O)CC(C)C)C(O)CC1n1cnc2c(=O)[nH]c(N)nc21. The van der Waals surface area contributed by atoms with Crippen molar-refractivity contribution in [3.05, 3.63) is 28.8 Å². The van der Waals surface area contributed by atoms with Crippen LogP contribution in [0.2, 0.25) is 0 Å². The summed E-state index contributed by atoms with van der Waals surface area (Å²) in [6.45, 7) is 8.01. The van der Waals surface area contributed by atoms with Crippen LogP contribution in [-0.2, 0) is 9.53 Å². The molecule has 0 saturated heterocycles. The van der Waals surface area contributed by atoms with E-state index in [4.69, 9.17) is 10.5 Å². The topological polar surface area (TPSA) is 136 Å². The Morgan fingerprint density at radius 2 is 2.31 bits per heavy atom. The number of aliphatic hydroxyl groups excluding tert-OH is 1. The summed E-state index contributed by atoms with van der Waals surface area (Å²) in [5.74, 6) is -0.475. The monoisotopic (exact) mass is 361 g/mol. The predicted octanol–water partition coefficient (Wildman–Crippen LogP) is 0.769. The van der Waals surface area contributed by atoms with Crippen molar-refractivity contribution in [2.75, 3.05) is 12.3 Å². The summed E-state index contributed by atoms with van der Waals surface area (Å²) in [4.78, 5) is 34.3. The molecular weight excluding hydrogens is 338 g/mol. The summed E-state index contributed by atoms with van der Waals surface area (Å²) in [5.41, 5.74) is 6.42. The van der Waals surface area contributed by atoms with Crippen LogP contribution < -0.4 is 11.3 Å². The van der Waals surface area contributed by atoms with Crippen molar-refractivity contribution in [1.82, 2.24) is 19.5 Å². The van der Waals surface area contributed by atoms with Gasteiger partial charge in [0.25, 0.3) is 5.56 Å². The van der Waals surface area contributed by atoms with Gasteiger partial charge in [-0.15, -0.1) is 0 Å². The molecule has 0 bridgehead atoms. The van der Waals surface area contributed by atoms with Crippen LogP contribution in [0.5, 0.6) is 0 Å². The van der Waals surface area contributed by atoms with Crippen molar-refractivity contribution < 1.29 is 14.6 Å². The molecule has 0 aromatic carbocycles. The van der Waals surface area contributed by atoms with Gasteiger partial charge < -0.3 is 20.1 Å². The number of aliphatic hydroxyl groups is 1. The van der Waals surface area contributed by atoms with Gasteiger partial charge in [-0.05, 0) is 17.9 Å². The van der Waals surface area contributed by atoms with Crippen molar-refractivity contribution in [3.8, 4) is 0 Å². The average Bonchev–Trinajstić information content (AvgIpc) is 3.06. The van der Waals surface area contributed by atoms with Crippen LogP contribution in [0.15, 0.2) is 23.3 Å². The van der Waals surface area contributed by atoms with E-state index in [0.717, 1.165) is 0 Å². The van der Waals surface area contributed by atoms with E-state index < -0.39 is 11.7 Å². The lowest BCUT2D eigenvalue weighted by atomic mass is 10.0. The number of esters is 1. The molecule has 9 heteroatoms. The van der Waals surface area contributed by atoms with Gasteiger partial charge in [-0.25, -0.2) is 4.98 Å². The predicted molar refractivity (Wildman–Crippen MR) is 95.3 cm³/mol. The number of carbonyl (C=O) groups excluding carboxylic acids is 1. The molecule has 1 fully saturated rings. The first-order valence-electron chi connectivity index (χ1n) is 8.52. The van der Waals surface area contributed by atoms with Crippen LogP contribution in [0.3, 0.4) is 0 Å². The number of imidazole rings is 1. The average molecular weight is 361 g/mol. The van der Waals surface area contributed by atoms with Gasteiger partial charge in [-0.1, -0.05) is 20.4 Å². The van der Waals surface area contributed by atoms with Gasteiger partial charge in [-0.3, -0.25) is 14.6 Å². The number of nitrogen functional groups attached to an aromatic ring is 1. The molecule has 1 saturated carbocycles. The molecule has 140 valence electrons. The summed E-state index contributed by atoms with van der Waals surface area (Å²) in [6, 6.07) is -0.308. The number of aromatic nitrogens is 4. The van der Waals surface area contributed by atoms with Crippen molar-refractivity contribution in [2.45, 2.75) is 38.8 Å². The Hall–Kier alpha value is -2.68. The Bertz CT molecular complexity index is 900. The van der Waals surface area contributed by atoms with Gasteiger partial charge in [0.1, 0.15) is 6.61 Å². The van der Waals surface area contributed by atoms with E-state index in [-0.39, 0.29) is 41.9 Å². The molecule has 1 aliphatic carbocycles. The minimum atomic E-state index is -0.712. The number of nitrogens with one attached hydrogen (secondary N) is 1. The molecule has 4 N–H and O–H groups in total. The first-order valence-corrected chi connectivity index (χ1v) is 8.52. The van der Waals surface area contributed by atoms with Crippen molar-refractivity contribution in [3.63, 3.8) is 0 Å². The smallest absolute Gasteiger partial charge is 0.306 e. The second-order valence-corrected chi connectivity index (χ2v) is 7.06. The number of anilines is 1. The van der Waals surface area contributed by atoms with Crippen molar-refractivity contribution in [1.29, 1.82) is 0 Å². The Labute approximate surface area is 149 Å². The number of hydrogen-bond donors (Lipinski definition) is 3. The number of hydrogen-bond acceptors (Lipinski definition) is 7. The molecule has 2 aromatic heterocycles. The second kappa shape index (κ2) is 6.91. The van der Waals surface area contributed by atoms with Crippen LogP contribution in [0.1, 0.15) is 32.7 Å². The second-order valence-electron chi connectivity index (χ2n) is 7.06. The molecule has 9 nitrogen and oxygen atoms in total. The molecule has 0 aliphatic heterocycles. The van der Waals surface area contributed by atoms with E-state index in [2.05, 4.69) is 21.5 Å². The summed E-state index contributed by atoms with van der Waals surface area (Å²) >= 11 is 0. The highest BCUT2D eigenvalue weighted by molar-refractivity contribution is 5.71. The minimum Gasteiger partial charge on any atom is -0.465 e. The summed E-state index contributed by atoms with van der Waals surface area (Å²) < 4.78 is 6.98. The zero-order chi connectivity index (χ0) is 19.0. The number of H-pyrrole nitrogens is 1. The van der Waals surface area contributed by atoms with Gasteiger partial charge in [-0.2, -0.15) is 4.98 Å². The van der Waals surface area contributed by atoms with Crippen molar-refractivity contribution in [2.24, 2.45) is 11.8 Å². The Balaban J connectivity index is 1.80. The normalized spacial score (nSPS) is 23.1. The molecule has 1 aliphatic rings. The summed E-state index contributed by atoms with van der Waals surface area (Å²) in [6.07, 6.45) is 1.47. The summed E-state index contributed by atoms with van der Waals surface area (Å²) in [7, 11) is 0. The molecule has 2 aromatic rings. The van der Waals surface area contributed by atoms with Crippen LogP contribution >= 0.6 is 0 Å². The van der Waals surface area contributed by atoms with E-state index >= 15 is 0 Å². The fraction of sp³-hybridized carbons (Fsp3) is 0.529. The lowest BCUT2D eigenvalue weighted by molar-refractivity contribution is -0.146. The number of ether oxygens (including phenoxy) is 1. The zero-order valence-electron chi connectivity index (χ0n) is 14.8. The largest absolute Gasteiger partial charge is 0.465 e. The molecule has 0 spiro atoms. The number of rotatable bonds is 5. The van der Waals surface area contributed by atoms with Gasteiger partial charge in [0, 0.05) is 12.3 Å². The number of nitrogens with zero attached hydrogens (tertiary/aromatic N) is 3. The van der Waals surface area contributed by atoms with Gasteiger partial charge in [0.15, 0.2) is 11.2 Å². The molecule has 0 radical (unpaired) electrons.